The Morgan fingerprint density at radius 1 is 0.636 bits per heavy atom. The summed E-state index contributed by atoms with van der Waals surface area (Å²) in [5.41, 5.74) is 2.70. The molecule has 0 fully saturated rings. The molecule has 3 aromatic carbocycles. The van der Waals surface area contributed by atoms with Crippen LogP contribution in [0.1, 0.15) is 16.7 Å². The van der Waals surface area contributed by atoms with Crippen molar-refractivity contribution in [3.63, 3.8) is 0 Å². The summed E-state index contributed by atoms with van der Waals surface area (Å²) in [5, 5.41) is 0.590. The summed E-state index contributed by atoms with van der Waals surface area (Å²) in [7, 11) is 0. The fraction of sp³-hybridized carbons (Fsp3) is 0. The van der Waals surface area contributed by atoms with Crippen LogP contribution in [-0.4, -0.2) is 0 Å². The molecular weight excluding hydrogens is 295 g/mol. The molecule has 0 aromatic heterocycles. The molecule has 0 N–H and O–H groups in total. The minimum atomic E-state index is -0.255. The smallest absolute Gasteiger partial charge is 0.138 e. The second-order valence-electron chi connectivity index (χ2n) is 4.93. The summed E-state index contributed by atoms with van der Waals surface area (Å²) in [6, 6.07) is 25.9. The molecule has 2 heteroatoms. The van der Waals surface area contributed by atoms with Crippen LogP contribution in [0, 0.1) is 0 Å². The van der Waals surface area contributed by atoms with Gasteiger partial charge in [0.2, 0.25) is 0 Å². The Kier molecular flexibility index (Phi) is 4.36. The Hall–Kier alpha value is -2.38. The van der Waals surface area contributed by atoms with E-state index in [1.54, 1.807) is 24.3 Å². The molecule has 0 bridgehead atoms. The van der Waals surface area contributed by atoms with Crippen LogP contribution in [0.25, 0.3) is 11.4 Å². The van der Waals surface area contributed by atoms with Gasteiger partial charge in [-0.25, -0.2) is 4.39 Å². The predicted molar refractivity (Wildman–Crippen MR) is 91.4 cm³/mol. The largest absolute Gasteiger partial charge is 0.206 e. The summed E-state index contributed by atoms with van der Waals surface area (Å²) in [6.07, 6.45) is 0. The van der Waals surface area contributed by atoms with Crippen molar-refractivity contribution >= 4 is 23.0 Å². The molecule has 108 valence electrons. The van der Waals surface area contributed by atoms with Crippen molar-refractivity contribution in [2.75, 3.05) is 0 Å². The van der Waals surface area contributed by atoms with E-state index >= 15 is 4.39 Å². The Morgan fingerprint density at radius 3 is 1.77 bits per heavy atom. The van der Waals surface area contributed by atoms with Gasteiger partial charge in [-0.2, -0.15) is 0 Å². The van der Waals surface area contributed by atoms with Crippen LogP contribution in [0.15, 0.2) is 84.9 Å². The summed E-state index contributed by atoms with van der Waals surface area (Å²) in [4.78, 5) is 0. The first-order valence-electron chi connectivity index (χ1n) is 7.02. The maximum atomic E-state index is 15.1. The lowest BCUT2D eigenvalue weighted by Gasteiger charge is -2.11. The van der Waals surface area contributed by atoms with Gasteiger partial charge in [-0.3, -0.25) is 0 Å². The van der Waals surface area contributed by atoms with Crippen LogP contribution >= 0.6 is 11.6 Å². The van der Waals surface area contributed by atoms with Crippen LogP contribution in [0.5, 0.6) is 0 Å². The van der Waals surface area contributed by atoms with Crippen molar-refractivity contribution in [2.45, 2.75) is 0 Å². The average molecular weight is 309 g/mol. The highest BCUT2D eigenvalue weighted by Gasteiger charge is 2.13. The second kappa shape index (κ2) is 6.59. The molecule has 0 unspecified atom stereocenters. The molecule has 0 aliphatic carbocycles. The Bertz CT molecular complexity index is 792. The molecule has 0 saturated heterocycles. The fourth-order valence-corrected chi connectivity index (χ4v) is 2.59. The van der Waals surface area contributed by atoms with Crippen LogP contribution in [0.3, 0.4) is 0 Å². The van der Waals surface area contributed by atoms with Gasteiger partial charge < -0.3 is 0 Å². The second-order valence-corrected chi connectivity index (χ2v) is 5.37. The number of hydrogen-bond acceptors (Lipinski definition) is 0. The van der Waals surface area contributed by atoms with Crippen molar-refractivity contribution in [1.82, 2.24) is 0 Å². The van der Waals surface area contributed by atoms with E-state index in [0.717, 1.165) is 11.1 Å². The van der Waals surface area contributed by atoms with Gasteiger partial charge in [0.15, 0.2) is 0 Å². The standard InChI is InChI=1S/C20H14ClF/c21-18-13-7-12-17(14-18)19(15-8-3-1-4-9-15)20(22)16-10-5-2-6-11-16/h1-14H/b20-19+. The van der Waals surface area contributed by atoms with Gasteiger partial charge in [-0.05, 0) is 23.3 Å². The minimum absolute atomic E-state index is 0.255. The topological polar surface area (TPSA) is 0 Å². The van der Waals surface area contributed by atoms with Gasteiger partial charge >= 0.3 is 0 Å². The van der Waals surface area contributed by atoms with E-state index in [-0.39, 0.29) is 5.83 Å². The highest BCUT2D eigenvalue weighted by atomic mass is 35.5. The molecule has 0 aliphatic rings. The summed E-state index contributed by atoms with van der Waals surface area (Å²) in [5.74, 6) is -0.255. The third kappa shape index (κ3) is 3.10. The van der Waals surface area contributed by atoms with Crippen molar-refractivity contribution in [2.24, 2.45) is 0 Å². The molecule has 0 radical (unpaired) electrons. The SMILES string of the molecule is F/C(=C(\c1ccccc1)c1cccc(Cl)c1)c1ccccc1. The number of hydrogen-bond donors (Lipinski definition) is 0. The van der Waals surface area contributed by atoms with Gasteiger partial charge in [-0.15, -0.1) is 0 Å². The van der Waals surface area contributed by atoms with E-state index in [0.29, 0.717) is 16.2 Å². The van der Waals surface area contributed by atoms with E-state index in [4.69, 9.17) is 11.6 Å². The number of benzene rings is 3. The zero-order valence-corrected chi connectivity index (χ0v) is 12.6. The fourth-order valence-electron chi connectivity index (χ4n) is 2.40. The van der Waals surface area contributed by atoms with Gasteiger partial charge in [0, 0.05) is 16.2 Å². The molecule has 0 amide bonds. The van der Waals surface area contributed by atoms with Crippen molar-refractivity contribution < 1.29 is 4.39 Å². The highest BCUT2D eigenvalue weighted by Crippen LogP contribution is 2.33. The van der Waals surface area contributed by atoms with Crippen LogP contribution < -0.4 is 0 Å². The summed E-state index contributed by atoms with van der Waals surface area (Å²) in [6.45, 7) is 0. The maximum Gasteiger partial charge on any atom is 0.138 e. The number of halogens is 2. The van der Waals surface area contributed by atoms with Gasteiger partial charge in [-0.1, -0.05) is 84.4 Å². The predicted octanol–water partition coefficient (Wildman–Crippen LogP) is 6.23. The Morgan fingerprint density at radius 2 is 1.18 bits per heavy atom. The van der Waals surface area contributed by atoms with E-state index in [2.05, 4.69) is 0 Å². The van der Waals surface area contributed by atoms with Crippen LogP contribution in [-0.2, 0) is 0 Å². The van der Waals surface area contributed by atoms with E-state index in [1.165, 1.54) is 0 Å². The molecular formula is C20H14ClF. The summed E-state index contributed by atoms with van der Waals surface area (Å²) < 4.78 is 15.1. The van der Waals surface area contributed by atoms with Crippen LogP contribution in [0.2, 0.25) is 5.02 Å². The first-order chi connectivity index (χ1) is 10.8. The summed E-state index contributed by atoms with van der Waals surface area (Å²) >= 11 is 6.08. The first kappa shape index (κ1) is 14.6. The average Bonchev–Trinajstić information content (AvgIpc) is 2.57. The third-order valence-electron chi connectivity index (χ3n) is 3.42. The zero-order chi connectivity index (χ0) is 15.4. The Labute approximate surface area is 134 Å². The molecule has 0 heterocycles. The van der Waals surface area contributed by atoms with Gasteiger partial charge in [0.25, 0.3) is 0 Å². The minimum Gasteiger partial charge on any atom is -0.206 e. The first-order valence-corrected chi connectivity index (χ1v) is 7.40. The maximum absolute atomic E-state index is 15.1. The third-order valence-corrected chi connectivity index (χ3v) is 3.66. The van der Waals surface area contributed by atoms with Crippen molar-refractivity contribution in [3.05, 3.63) is 107 Å². The van der Waals surface area contributed by atoms with Crippen molar-refractivity contribution in [1.29, 1.82) is 0 Å². The molecule has 0 atom stereocenters. The Balaban J connectivity index is 2.24. The zero-order valence-electron chi connectivity index (χ0n) is 11.8. The van der Waals surface area contributed by atoms with Gasteiger partial charge in [0.1, 0.15) is 5.83 Å². The van der Waals surface area contributed by atoms with Gasteiger partial charge in [0.05, 0.1) is 0 Å². The van der Waals surface area contributed by atoms with E-state index in [1.807, 2.05) is 60.7 Å². The normalized spacial score (nSPS) is 11.9. The quantitative estimate of drug-likeness (QED) is 0.503. The molecule has 0 saturated carbocycles. The molecule has 0 nitrogen and oxygen atoms in total. The molecule has 0 aliphatic heterocycles. The van der Waals surface area contributed by atoms with Crippen molar-refractivity contribution in [3.8, 4) is 0 Å². The number of rotatable bonds is 3. The van der Waals surface area contributed by atoms with E-state index < -0.39 is 0 Å². The molecule has 3 aromatic rings. The lowest BCUT2D eigenvalue weighted by Crippen LogP contribution is -1.92. The van der Waals surface area contributed by atoms with Crippen LogP contribution in [0.4, 0.5) is 4.39 Å². The molecule has 22 heavy (non-hydrogen) atoms. The molecule has 0 spiro atoms. The molecule has 3 rings (SSSR count). The lowest BCUT2D eigenvalue weighted by atomic mass is 9.95. The lowest BCUT2D eigenvalue weighted by molar-refractivity contribution is 0.762. The highest BCUT2D eigenvalue weighted by molar-refractivity contribution is 6.30. The van der Waals surface area contributed by atoms with E-state index in [9.17, 15) is 0 Å². The monoisotopic (exact) mass is 308 g/mol.